The van der Waals surface area contributed by atoms with E-state index in [1.54, 1.807) is 25.1 Å². The van der Waals surface area contributed by atoms with Crippen molar-refractivity contribution in [3.63, 3.8) is 0 Å². The lowest BCUT2D eigenvalue weighted by Crippen LogP contribution is -2.39. The molecule has 3 aromatic carbocycles. The van der Waals surface area contributed by atoms with E-state index < -0.39 is 26.1 Å². The van der Waals surface area contributed by atoms with Gasteiger partial charge in [0.05, 0.1) is 4.90 Å². The molecule has 3 rings (SSSR count). The molecule has 204 valence electrons. The fraction of sp³-hybridized carbons (Fsp3) is 0.182. The minimum Gasteiger partial charge on any atom is -0.508 e. The van der Waals surface area contributed by atoms with E-state index >= 15 is 0 Å². The summed E-state index contributed by atoms with van der Waals surface area (Å²) in [6, 6.07) is 15.7. The van der Waals surface area contributed by atoms with Crippen LogP contribution in [0.25, 0.3) is 0 Å². The lowest BCUT2D eigenvalue weighted by molar-refractivity contribution is -0.202. The SMILES string of the molecule is Cc1ccc(S(=O)(=O)N(C)C(F)(F)F)cc1.Oc1ccc(SC(F)(F)F)c(Br)c1.Oc1cccc(Br)c1. The minimum atomic E-state index is -4.91. The van der Waals surface area contributed by atoms with Crippen LogP contribution in [0, 0.1) is 6.92 Å². The highest BCUT2D eigenvalue weighted by molar-refractivity contribution is 9.10. The summed E-state index contributed by atoms with van der Waals surface area (Å²) < 4.78 is 96.0. The van der Waals surface area contributed by atoms with Crippen LogP contribution in [0.1, 0.15) is 5.56 Å². The third-order valence-corrected chi connectivity index (χ3v) is 8.00. The summed E-state index contributed by atoms with van der Waals surface area (Å²) in [5.74, 6) is 0.220. The average molecular weight is 699 g/mol. The molecule has 0 radical (unpaired) electrons. The molecule has 0 bridgehead atoms. The molecule has 3 aromatic rings. The van der Waals surface area contributed by atoms with Gasteiger partial charge in [-0.1, -0.05) is 39.7 Å². The molecule has 0 aliphatic carbocycles. The topological polar surface area (TPSA) is 77.8 Å². The van der Waals surface area contributed by atoms with E-state index in [-0.39, 0.29) is 31.8 Å². The van der Waals surface area contributed by atoms with Crippen LogP contribution in [-0.2, 0) is 10.0 Å². The van der Waals surface area contributed by atoms with Gasteiger partial charge < -0.3 is 10.2 Å². The van der Waals surface area contributed by atoms with E-state index in [0.717, 1.165) is 22.2 Å². The summed E-state index contributed by atoms with van der Waals surface area (Å²) in [5, 5.41) is 17.7. The number of benzene rings is 3. The van der Waals surface area contributed by atoms with Gasteiger partial charge in [-0.05, 0) is 83.1 Å². The molecule has 0 saturated heterocycles. The number of phenolic OH excluding ortho intramolecular Hbond substituents is 2. The number of sulfonamides is 1. The second kappa shape index (κ2) is 13.7. The van der Waals surface area contributed by atoms with Crippen LogP contribution >= 0.6 is 43.6 Å². The zero-order valence-electron chi connectivity index (χ0n) is 18.8. The predicted molar refractivity (Wildman–Crippen MR) is 136 cm³/mol. The van der Waals surface area contributed by atoms with Crippen LogP contribution in [-0.4, -0.2) is 41.8 Å². The Hall–Kier alpha value is -1.94. The lowest BCUT2D eigenvalue weighted by Gasteiger charge is -2.19. The Kier molecular flexibility index (Phi) is 12.3. The van der Waals surface area contributed by atoms with Crippen molar-refractivity contribution >= 4 is 53.6 Å². The van der Waals surface area contributed by atoms with Crippen molar-refractivity contribution in [1.82, 2.24) is 4.31 Å². The van der Waals surface area contributed by atoms with E-state index in [0.29, 0.717) is 12.8 Å². The molecular weight excluding hydrogens is 680 g/mol. The van der Waals surface area contributed by atoms with Crippen molar-refractivity contribution in [1.29, 1.82) is 0 Å². The minimum absolute atomic E-state index is 0.0327. The van der Waals surface area contributed by atoms with Crippen LogP contribution < -0.4 is 0 Å². The number of hydrogen-bond acceptors (Lipinski definition) is 5. The molecule has 0 aliphatic heterocycles. The first kappa shape index (κ1) is 33.1. The first-order valence-electron chi connectivity index (χ1n) is 9.64. The zero-order chi connectivity index (χ0) is 28.6. The van der Waals surface area contributed by atoms with Crippen LogP contribution in [0.3, 0.4) is 0 Å². The molecule has 0 saturated carbocycles. The van der Waals surface area contributed by atoms with Gasteiger partial charge in [-0.3, -0.25) is 0 Å². The van der Waals surface area contributed by atoms with Crippen LogP contribution in [0.15, 0.2) is 85.5 Å². The van der Waals surface area contributed by atoms with Gasteiger partial charge in [0.25, 0.3) is 0 Å². The van der Waals surface area contributed by atoms with E-state index in [1.165, 1.54) is 30.3 Å². The van der Waals surface area contributed by atoms with Crippen molar-refractivity contribution in [3.8, 4) is 11.5 Å². The fourth-order valence-corrected chi connectivity index (χ4v) is 4.79. The molecule has 0 heterocycles. The molecule has 0 unspecified atom stereocenters. The van der Waals surface area contributed by atoms with E-state index in [9.17, 15) is 34.8 Å². The lowest BCUT2D eigenvalue weighted by atomic mass is 10.2. The van der Waals surface area contributed by atoms with Crippen molar-refractivity contribution in [2.75, 3.05) is 7.05 Å². The van der Waals surface area contributed by atoms with Gasteiger partial charge >= 0.3 is 11.8 Å². The van der Waals surface area contributed by atoms with Crippen molar-refractivity contribution < 1.29 is 45.0 Å². The number of phenols is 2. The highest BCUT2D eigenvalue weighted by atomic mass is 79.9. The summed E-state index contributed by atoms with van der Waals surface area (Å²) in [6.07, 6.45) is -4.91. The third-order valence-electron chi connectivity index (χ3n) is 3.99. The smallest absolute Gasteiger partial charge is 0.473 e. The summed E-state index contributed by atoms with van der Waals surface area (Å²) in [4.78, 5) is -0.344. The molecule has 0 spiro atoms. The first-order valence-corrected chi connectivity index (χ1v) is 13.5. The highest BCUT2D eigenvalue weighted by Crippen LogP contribution is 2.41. The Labute approximate surface area is 230 Å². The summed E-state index contributed by atoms with van der Waals surface area (Å²) in [7, 11) is -4.02. The van der Waals surface area contributed by atoms with Crippen molar-refractivity contribution in [2.45, 2.75) is 28.5 Å². The highest BCUT2D eigenvalue weighted by Gasteiger charge is 2.43. The molecule has 0 amide bonds. The zero-order valence-corrected chi connectivity index (χ0v) is 23.7. The summed E-state index contributed by atoms with van der Waals surface area (Å²) in [6.45, 7) is 1.71. The van der Waals surface area contributed by atoms with Crippen molar-refractivity contribution in [3.05, 3.63) is 81.2 Å². The Balaban J connectivity index is 0.000000292. The molecular formula is C22H19Br2F6NO4S2. The quantitative estimate of drug-likeness (QED) is 0.164. The monoisotopic (exact) mass is 697 g/mol. The molecule has 0 atom stereocenters. The van der Waals surface area contributed by atoms with Gasteiger partial charge in [-0.15, -0.1) is 4.31 Å². The Morgan fingerprint density at radius 2 is 1.38 bits per heavy atom. The maximum Gasteiger partial charge on any atom is 0.473 e. The second-order valence-corrected chi connectivity index (χ2v) is 11.7. The third kappa shape index (κ3) is 12.0. The Morgan fingerprint density at radius 1 is 0.838 bits per heavy atom. The van der Waals surface area contributed by atoms with Crippen LogP contribution in [0.5, 0.6) is 11.5 Å². The van der Waals surface area contributed by atoms with E-state index in [1.807, 2.05) is 6.07 Å². The van der Waals surface area contributed by atoms with Gasteiger partial charge in [0, 0.05) is 20.9 Å². The maximum absolute atomic E-state index is 12.3. The molecule has 0 aromatic heterocycles. The number of rotatable bonds is 3. The average Bonchev–Trinajstić information content (AvgIpc) is 2.75. The summed E-state index contributed by atoms with van der Waals surface area (Å²) >= 11 is 5.90. The van der Waals surface area contributed by atoms with E-state index in [2.05, 4.69) is 31.9 Å². The van der Waals surface area contributed by atoms with Crippen molar-refractivity contribution in [2.24, 2.45) is 0 Å². The fourth-order valence-electron chi connectivity index (χ4n) is 2.18. The molecule has 15 heteroatoms. The van der Waals surface area contributed by atoms with E-state index in [4.69, 9.17) is 10.2 Å². The van der Waals surface area contributed by atoms with Gasteiger partial charge in [0.15, 0.2) is 0 Å². The largest absolute Gasteiger partial charge is 0.508 e. The number of hydrogen-bond donors (Lipinski definition) is 2. The van der Waals surface area contributed by atoms with Gasteiger partial charge in [-0.2, -0.15) is 26.3 Å². The first-order chi connectivity index (χ1) is 16.8. The summed E-state index contributed by atoms with van der Waals surface area (Å²) in [5.41, 5.74) is -3.53. The number of nitrogens with zero attached hydrogens (tertiary/aromatic N) is 1. The normalized spacial score (nSPS) is 11.8. The number of halogens is 8. The predicted octanol–water partition coefficient (Wildman–Crippen LogP) is 8.06. The number of thioether (sulfide) groups is 1. The Morgan fingerprint density at radius 3 is 1.78 bits per heavy atom. The molecule has 2 N–H and O–H groups in total. The molecule has 37 heavy (non-hydrogen) atoms. The van der Waals surface area contributed by atoms with Gasteiger partial charge in [-0.25, -0.2) is 8.42 Å². The molecule has 0 fully saturated rings. The maximum atomic E-state index is 12.3. The van der Waals surface area contributed by atoms with Gasteiger partial charge in [0.2, 0.25) is 10.0 Å². The second-order valence-electron chi connectivity index (χ2n) is 6.90. The number of alkyl halides is 6. The number of aryl methyl sites for hydroxylation is 1. The van der Waals surface area contributed by atoms with Gasteiger partial charge in [0.1, 0.15) is 11.5 Å². The van der Waals surface area contributed by atoms with Crippen LogP contribution in [0.2, 0.25) is 0 Å². The Bertz CT molecular complexity index is 1250. The molecule has 5 nitrogen and oxygen atoms in total. The van der Waals surface area contributed by atoms with Crippen LogP contribution in [0.4, 0.5) is 26.3 Å². The standard InChI is InChI=1S/C9H10F3NO2S.C7H4BrF3OS.C6H5BrO/c1-7-3-5-8(6-4-7)16(14,15)13(2)9(10,11)12;8-5-3-4(12)1-2-6(5)13-7(9,10)11;7-5-2-1-3-6(8)4-5/h3-6H,1-2H3;1-3,12H;1-4,8H. The number of aromatic hydroxyl groups is 2. The molecule has 0 aliphatic rings.